The molecule has 1 atom stereocenters. The minimum atomic E-state index is -0.547. The largest absolute Gasteiger partial charge is 0.463 e. The Labute approximate surface area is 191 Å². The maximum atomic E-state index is 12.8. The summed E-state index contributed by atoms with van der Waals surface area (Å²) in [4.78, 5) is 27.1. The Balaban J connectivity index is 1.65. The molecule has 0 unspecified atom stereocenters. The minimum Gasteiger partial charge on any atom is -0.463 e. The molecule has 1 aliphatic heterocycles. The lowest BCUT2D eigenvalue weighted by Gasteiger charge is -2.28. The summed E-state index contributed by atoms with van der Waals surface area (Å²) < 4.78 is 7.33. The van der Waals surface area contributed by atoms with Crippen LogP contribution in [0.2, 0.25) is 0 Å². The van der Waals surface area contributed by atoms with Crippen molar-refractivity contribution in [2.75, 3.05) is 12.4 Å². The molecule has 8 nitrogen and oxygen atoms in total. The summed E-state index contributed by atoms with van der Waals surface area (Å²) in [5.74, 6) is 0.720. The third kappa shape index (κ3) is 4.53. The number of esters is 1. The molecule has 11 heteroatoms. The zero-order valence-electron chi connectivity index (χ0n) is 17.0. The molecule has 3 aromatic heterocycles. The van der Waals surface area contributed by atoms with Gasteiger partial charge in [0, 0.05) is 22.9 Å². The fraction of sp³-hybridized carbons (Fsp3) is 0.300. The standard InChI is InChI=1S/C20H21N5O3S3/c1-3-25-17(14-8-6-10-30-14)23-24-20(25)31-11-12-15(18(26)28-4-2)16(22-19(27)21-12)13-7-5-9-29-13/h5-10,16H,3-4,11H2,1-2H3,(H2,21,22,27)/t16-/m1/s1. The molecule has 0 radical (unpaired) electrons. The normalized spacial score (nSPS) is 16.2. The molecular formula is C20H21N5O3S3. The van der Waals surface area contributed by atoms with E-state index in [1.165, 1.54) is 23.1 Å². The molecule has 0 bridgehead atoms. The van der Waals surface area contributed by atoms with Crippen LogP contribution < -0.4 is 10.6 Å². The quantitative estimate of drug-likeness (QED) is 0.377. The fourth-order valence-electron chi connectivity index (χ4n) is 3.26. The second kappa shape index (κ2) is 9.67. The van der Waals surface area contributed by atoms with Crippen LogP contribution in [-0.4, -0.2) is 39.1 Å². The van der Waals surface area contributed by atoms with Gasteiger partial charge in [0.2, 0.25) is 0 Å². The summed E-state index contributed by atoms with van der Waals surface area (Å²) in [6.45, 7) is 4.75. The molecule has 1 aliphatic rings. The number of carbonyl (C=O) groups excluding carboxylic acids is 2. The lowest BCUT2D eigenvalue weighted by Crippen LogP contribution is -2.46. The van der Waals surface area contributed by atoms with Crippen molar-refractivity contribution >= 4 is 46.4 Å². The number of urea groups is 1. The molecule has 0 aliphatic carbocycles. The number of nitrogens with zero attached hydrogens (tertiary/aromatic N) is 3. The first-order chi connectivity index (χ1) is 15.1. The second-order valence-corrected chi connectivity index (χ2v) is 9.35. The molecule has 0 fully saturated rings. The molecule has 4 rings (SSSR count). The summed E-state index contributed by atoms with van der Waals surface area (Å²) in [6, 6.07) is 6.88. The second-order valence-electron chi connectivity index (χ2n) is 6.48. The predicted octanol–water partition coefficient (Wildman–Crippen LogP) is 4.05. The van der Waals surface area contributed by atoms with Crippen molar-refractivity contribution in [3.8, 4) is 10.7 Å². The van der Waals surface area contributed by atoms with Gasteiger partial charge in [-0.15, -0.1) is 32.9 Å². The minimum absolute atomic E-state index is 0.252. The highest BCUT2D eigenvalue weighted by Gasteiger charge is 2.34. The van der Waals surface area contributed by atoms with Gasteiger partial charge in [-0.25, -0.2) is 9.59 Å². The smallest absolute Gasteiger partial charge is 0.338 e. The Bertz CT molecular complexity index is 1090. The molecule has 2 amide bonds. The summed E-state index contributed by atoms with van der Waals surface area (Å²) in [5.41, 5.74) is 0.936. The van der Waals surface area contributed by atoms with Crippen molar-refractivity contribution in [1.29, 1.82) is 0 Å². The van der Waals surface area contributed by atoms with Crippen LogP contribution in [0.25, 0.3) is 10.7 Å². The van der Waals surface area contributed by atoms with Gasteiger partial charge in [0.25, 0.3) is 0 Å². The van der Waals surface area contributed by atoms with Gasteiger partial charge in [-0.2, -0.15) is 0 Å². The number of hydrogen-bond acceptors (Lipinski definition) is 8. The first-order valence-corrected chi connectivity index (χ1v) is 12.5. The van der Waals surface area contributed by atoms with E-state index in [1.54, 1.807) is 18.3 Å². The van der Waals surface area contributed by atoms with E-state index in [-0.39, 0.29) is 12.6 Å². The summed E-state index contributed by atoms with van der Waals surface area (Å²) in [5, 5.41) is 19.0. The van der Waals surface area contributed by atoms with E-state index in [0.717, 1.165) is 20.7 Å². The number of thiophene rings is 2. The highest BCUT2D eigenvalue weighted by Crippen LogP contribution is 2.33. The van der Waals surface area contributed by atoms with Crippen LogP contribution in [0.15, 0.2) is 51.5 Å². The van der Waals surface area contributed by atoms with E-state index in [9.17, 15) is 9.59 Å². The van der Waals surface area contributed by atoms with Crippen molar-refractivity contribution in [3.05, 3.63) is 51.2 Å². The molecule has 4 heterocycles. The first-order valence-electron chi connectivity index (χ1n) is 9.73. The van der Waals surface area contributed by atoms with E-state index in [1.807, 2.05) is 46.5 Å². The van der Waals surface area contributed by atoms with Crippen LogP contribution in [-0.2, 0) is 16.1 Å². The Morgan fingerprint density at radius 2 is 2.03 bits per heavy atom. The maximum Gasteiger partial charge on any atom is 0.338 e. The monoisotopic (exact) mass is 475 g/mol. The SMILES string of the molecule is CCOC(=O)C1=C(CSc2nnc(-c3cccs3)n2CC)NC(=O)N[C@@H]1c1cccs1. The number of rotatable bonds is 8. The van der Waals surface area contributed by atoms with Crippen molar-refractivity contribution in [3.63, 3.8) is 0 Å². The molecule has 0 aromatic carbocycles. The van der Waals surface area contributed by atoms with Crippen LogP contribution in [0.5, 0.6) is 0 Å². The van der Waals surface area contributed by atoms with Gasteiger partial charge in [-0.3, -0.25) is 0 Å². The number of carbonyl (C=O) groups is 2. The van der Waals surface area contributed by atoms with Crippen molar-refractivity contribution in [2.24, 2.45) is 0 Å². The van der Waals surface area contributed by atoms with E-state index < -0.39 is 12.0 Å². The third-order valence-corrected chi connectivity index (χ3v) is 7.39. The van der Waals surface area contributed by atoms with Gasteiger partial charge in [0.05, 0.1) is 23.1 Å². The highest BCUT2D eigenvalue weighted by molar-refractivity contribution is 7.99. The van der Waals surface area contributed by atoms with Gasteiger partial charge < -0.3 is 19.9 Å². The molecule has 0 saturated heterocycles. The van der Waals surface area contributed by atoms with Crippen LogP contribution >= 0.6 is 34.4 Å². The molecule has 162 valence electrons. The molecule has 0 saturated carbocycles. The Kier molecular flexibility index (Phi) is 6.73. The molecule has 31 heavy (non-hydrogen) atoms. The number of nitrogens with one attached hydrogen (secondary N) is 2. The maximum absolute atomic E-state index is 12.8. The third-order valence-electron chi connectivity index (χ3n) is 4.60. The first kappa shape index (κ1) is 21.6. The van der Waals surface area contributed by atoms with Crippen LogP contribution in [0.1, 0.15) is 24.8 Å². The van der Waals surface area contributed by atoms with Crippen LogP contribution in [0.4, 0.5) is 4.79 Å². The summed E-state index contributed by atoms with van der Waals surface area (Å²) in [7, 11) is 0. The van der Waals surface area contributed by atoms with Crippen LogP contribution in [0.3, 0.4) is 0 Å². The van der Waals surface area contributed by atoms with Gasteiger partial charge in [-0.1, -0.05) is 23.9 Å². The number of amides is 2. The summed E-state index contributed by atoms with van der Waals surface area (Å²) in [6.07, 6.45) is 0. The van der Waals surface area contributed by atoms with Gasteiger partial charge in [0.1, 0.15) is 0 Å². The van der Waals surface area contributed by atoms with Crippen LogP contribution in [0, 0.1) is 0 Å². The van der Waals surface area contributed by atoms with E-state index in [4.69, 9.17) is 4.74 Å². The Morgan fingerprint density at radius 1 is 1.23 bits per heavy atom. The zero-order valence-corrected chi connectivity index (χ0v) is 19.4. The molecule has 3 aromatic rings. The lowest BCUT2D eigenvalue weighted by molar-refractivity contribution is -0.139. The van der Waals surface area contributed by atoms with Gasteiger partial charge in [0.15, 0.2) is 11.0 Å². The van der Waals surface area contributed by atoms with E-state index in [0.29, 0.717) is 23.6 Å². The van der Waals surface area contributed by atoms with E-state index in [2.05, 4.69) is 20.8 Å². The lowest BCUT2D eigenvalue weighted by atomic mass is 10.0. The van der Waals surface area contributed by atoms with Crippen molar-refractivity contribution in [2.45, 2.75) is 31.6 Å². The molecule has 2 N–H and O–H groups in total. The topological polar surface area (TPSA) is 98.1 Å². The average Bonchev–Trinajstić information content (AvgIpc) is 3.53. The highest BCUT2D eigenvalue weighted by atomic mass is 32.2. The number of hydrogen-bond donors (Lipinski definition) is 2. The van der Waals surface area contributed by atoms with Gasteiger partial charge in [-0.05, 0) is 36.7 Å². The average molecular weight is 476 g/mol. The molecular weight excluding hydrogens is 454 g/mol. The number of aromatic nitrogens is 3. The van der Waals surface area contributed by atoms with Crippen molar-refractivity contribution in [1.82, 2.24) is 25.4 Å². The summed E-state index contributed by atoms with van der Waals surface area (Å²) >= 11 is 4.51. The number of thioether (sulfide) groups is 1. The van der Waals surface area contributed by atoms with E-state index >= 15 is 0 Å². The Morgan fingerprint density at radius 3 is 2.71 bits per heavy atom. The fourth-order valence-corrected chi connectivity index (χ4v) is 5.73. The Hall–Kier alpha value is -2.63. The van der Waals surface area contributed by atoms with Crippen molar-refractivity contribution < 1.29 is 14.3 Å². The zero-order chi connectivity index (χ0) is 21.8. The predicted molar refractivity (Wildman–Crippen MR) is 122 cm³/mol. The number of ether oxygens (including phenoxy) is 1. The molecule has 0 spiro atoms. The van der Waals surface area contributed by atoms with Gasteiger partial charge >= 0.3 is 12.0 Å².